The van der Waals surface area contributed by atoms with Gasteiger partial charge in [-0.1, -0.05) is 60.7 Å². The molecular weight excluding hydrogens is 426 g/mol. The van der Waals surface area contributed by atoms with E-state index in [1.807, 2.05) is 0 Å². The van der Waals surface area contributed by atoms with Gasteiger partial charge in [0.05, 0.1) is 10.8 Å². The third-order valence-electron chi connectivity index (χ3n) is 7.75. The van der Waals surface area contributed by atoms with E-state index >= 15 is 0 Å². The van der Waals surface area contributed by atoms with E-state index in [1.165, 1.54) is 70.3 Å². The molecule has 0 amide bonds. The highest BCUT2D eigenvalue weighted by atomic mass is 16.3. The molecule has 35 heavy (non-hydrogen) atoms. The molecule has 2 heteroatoms. The van der Waals surface area contributed by atoms with Crippen LogP contribution in [0, 0.1) is 6.92 Å². The highest BCUT2D eigenvalue weighted by Gasteiger charge is 2.20. The molecule has 0 unspecified atom stereocenters. The van der Waals surface area contributed by atoms with Gasteiger partial charge in [-0.25, -0.2) is 4.57 Å². The van der Waals surface area contributed by atoms with Crippen molar-refractivity contribution in [3.63, 3.8) is 0 Å². The van der Waals surface area contributed by atoms with Crippen LogP contribution in [0.1, 0.15) is 5.56 Å². The summed E-state index contributed by atoms with van der Waals surface area (Å²) in [6, 6.07) is 33.0. The van der Waals surface area contributed by atoms with Crippen molar-refractivity contribution in [3.8, 4) is 0 Å². The molecule has 0 bridgehead atoms. The van der Waals surface area contributed by atoms with Crippen molar-refractivity contribution in [2.45, 2.75) is 6.92 Å². The predicted molar refractivity (Wildman–Crippen MR) is 147 cm³/mol. The van der Waals surface area contributed by atoms with Crippen LogP contribution in [0.3, 0.4) is 0 Å². The van der Waals surface area contributed by atoms with Gasteiger partial charge in [0.15, 0.2) is 6.20 Å². The number of fused-ring (bicyclic) bond motifs is 13. The van der Waals surface area contributed by atoms with Gasteiger partial charge < -0.3 is 4.42 Å². The van der Waals surface area contributed by atoms with E-state index in [-0.39, 0.29) is 0 Å². The summed E-state index contributed by atoms with van der Waals surface area (Å²) in [6.45, 7) is 2.21. The normalized spacial score (nSPS) is 12.3. The van der Waals surface area contributed by atoms with E-state index in [9.17, 15) is 0 Å². The summed E-state index contributed by atoms with van der Waals surface area (Å²) in [5.41, 5.74) is 4.48. The molecule has 8 aromatic rings. The van der Waals surface area contributed by atoms with Gasteiger partial charge in [-0.2, -0.15) is 0 Å². The Labute approximate surface area is 201 Å². The number of rotatable bonds is 0. The van der Waals surface area contributed by atoms with Crippen LogP contribution in [-0.2, 0) is 7.05 Å². The molecule has 0 aliphatic rings. The second-order valence-electron chi connectivity index (χ2n) is 9.70. The maximum absolute atomic E-state index is 6.69. The van der Waals surface area contributed by atoms with E-state index in [0.29, 0.717) is 0 Å². The maximum Gasteiger partial charge on any atom is 0.221 e. The first-order valence-corrected chi connectivity index (χ1v) is 12.1. The average molecular weight is 449 g/mol. The second kappa shape index (κ2) is 6.58. The lowest BCUT2D eigenvalue weighted by Crippen LogP contribution is -2.28. The van der Waals surface area contributed by atoms with Crippen molar-refractivity contribution in [2.24, 2.45) is 7.05 Å². The summed E-state index contributed by atoms with van der Waals surface area (Å²) in [7, 11) is 2.14. The van der Waals surface area contributed by atoms with Gasteiger partial charge in [-0.3, -0.25) is 0 Å². The number of nitrogens with zero attached hydrogens (tertiary/aromatic N) is 1. The Bertz CT molecular complexity index is 2180. The minimum atomic E-state index is 0.940. The Balaban J connectivity index is 1.64. The molecule has 164 valence electrons. The van der Waals surface area contributed by atoms with Gasteiger partial charge in [-0.15, -0.1) is 0 Å². The predicted octanol–water partition coefficient (Wildman–Crippen LogP) is 8.48. The standard InChI is InChI=1S/C33H22NO/c1-19-7-5-10-23-27-18-29-28(17-26(27)24-11-6-16-34(2)32(24)30(19)23)25-15-14-21-13-12-20-8-3-4-9-22(20)31(21)33(25)35-29/h3-18H,1-2H3/q+1. The van der Waals surface area contributed by atoms with Gasteiger partial charge in [-0.05, 0) is 69.1 Å². The summed E-state index contributed by atoms with van der Waals surface area (Å²) in [5, 5.41) is 13.6. The van der Waals surface area contributed by atoms with Crippen LogP contribution in [0.15, 0.2) is 102 Å². The highest BCUT2D eigenvalue weighted by molar-refractivity contribution is 6.29. The Morgan fingerprint density at radius 2 is 1.34 bits per heavy atom. The fourth-order valence-electron chi connectivity index (χ4n) is 6.16. The molecule has 0 fully saturated rings. The molecule has 0 spiro atoms. The van der Waals surface area contributed by atoms with Gasteiger partial charge in [0.1, 0.15) is 18.2 Å². The van der Waals surface area contributed by atoms with Crippen LogP contribution < -0.4 is 4.57 Å². The molecule has 0 saturated carbocycles. The fourth-order valence-corrected chi connectivity index (χ4v) is 6.16. The third-order valence-corrected chi connectivity index (χ3v) is 7.75. The molecule has 2 aromatic heterocycles. The Morgan fingerprint density at radius 3 is 2.29 bits per heavy atom. The van der Waals surface area contributed by atoms with Crippen molar-refractivity contribution in [2.75, 3.05) is 0 Å². The lowest BCUT2D eigenvalue weighted by molar-refractivity contribution is -0.644. The molecule has 8 rings (SSSR count). The Kier molecular flexibility index (Phi) is 3.56. The topological polar surface area (TPSA) is 17.0 Å². The number of hydrogen-bond donors (Lipinski definition) is 0. The number of furan rings is 1. The molecule has 6 aromatic carbocycles. The minimum absolute atomic E-state index is 0.940. The zero-order chi connectivity index (χ0) is 23.3. The lowest BCUT2D eigenvalue weighted by atomic mass is 9.93. The van der Waals surface area contributed by atoms with Crippen LogP contribution in [0.4, 0.5) is 0 Å². The number of aromatic nitrogens is 1. The molecule has 0 N–H and O–H groups in total. The van der Waals surface area contributed by atoms with Crippen LogP contribution in [0.5, 0.6) is 0 Å². The van der Waals surface area contributed by atoms with Crippen LogP contribution in [0.25, 0.3) is 75.9 Å². The Hall–Kier alpha value is -4.43. The first-order valence-electron chi connectivity index (χ1n) is 12.1. The quantitative estimate of drug-likeness (QED) is 0.168. The molecule has 2 heterocycles. The number of benzene rings is 6. The molecular formula is C33H22NO+. The monoisotopic (exact) mass is 448 g/mol. The van der Waals surface area contributed by atoms with Crippen molar-refractivity contribution in [1.82, 2.24) is 0 Å². The third kappa shape index (κ3) is 2.41. The SMILES string of the molecule is Cc1cccc2c3cc4oc5c(ccc6ccc7ccccc7c65)c4cc3c3ccc[n+](C)c3c12. The van der Waals surface area contributed by atoms with Crippen molar-refractivity contribution >= 4 is 75.9 Å². The van der Waals surface area contributed by atoms with E-state index in [0.717, 1.165) is 11.2 Å². The molecule has 0 radical (unpaired) electrons. The summed E-state index contributed by atoms with van der Waals surface area (Å²) in [6.07, 6.45) is 2.14. The van der Waals surface area contributed by atoms with E-state index in [1.54, 1.807) is 0 Å². The second-order valence-corrected chi connectivity index (χ2v) is 9.70. The van der Waals surface area contributed by atoms with Crippen molar-refractivity contribution < 1.29 is 8.98 Å². The van der Waals surface area contributed by atoms with Crippen LogP contribution >= 0.6 is 0 Å². The molecule has 0 atom stereocenters. The number of aryl methyl sites for hydroxylation is 2. The van der Waals surface area contributed by atoms with Gasteiger partial charge in [0.25, 0.3) is 0 Å². The summed E-state index contributed by atoms with van der Waals surface area (Å²) < 4.78 is 8.94. The lowest BCUT2D eigenvalue weighted by Gasteiger charge is -2.10. The first kappa shape index (κ1) is 18.9. The Morgan fingerprint density at radius 1 is 0.571 bits per heavy atom. The molecule has 0 saturated heterocycles. The molecule has 0 aliphatic carbocycles. The number of pyridine rings is 1. The fraction of sp³-hybridized carbons (Fsp3) is 0.0606. The van der Waals surface area contributed by atoms with Crippen molar-refractivity contribution in [3.05, 3.63) is 103 Å². The van der Waals surface area contributed by atoms with Gasteiger partial charge in [0, 0.05) is 22.2 Å². The largest absolute Gasteiger partial charge is 0.455 e. The first-order chi connectivity index (χ1) is 17.2. The minimum Gasteiger partial charge on any atom is -0.455 e. The van der Waals surface area contributed by atoms with Gasteiger partial charge >= 0.3 is 0 Å². The van der Waals surface area contributed by atoms with E-state index in [2.05, 4.69) is 116 Å². The van der Waals surface area contributed by atoms with Crippen molar-refractivity contribution in [1.29, 1.82) is 0 Å². The summed E-state index contributed by atoms with van der Waals surface area (Å²) >= 11 is 0. The molecule has 2 nitrogen and oxygen atoms in total. The van der Waals surface area contributed by atoms with E-state index in [4.69, 9.17) is 4.42 Å². The van der Waals surface area contributed by atoms with Gasteiger partial charge in [0.2, 0.25) is 5.52 Å². The van der Waals surface area contributed by atoms with Crippen LogP contribution in [0.2, 0.25) is 0 Å². The zero-order valence-corrected chi connectivity index (χ0v) is 19.6. The van der Waals surface area contributed by atoms with E-state index < -0.39 is 0 Å². The zero-order valence-electron chi connectivity index (χ0n) is 19.6. The number of hydrogen-bond acceptors (Lipinski definition) is 1. The summed E-state index contributed by atoms with van der Waals surface area (Å²) in [5.74, 6) is 0. The average Bonchev–Trinajstić information content (AvgIpc) is 3.25. The smallest absolute Gasteiger partial charge is 0.221 e. The van der Waals surface area contributed by atoms with Crippen LogP contribution in [-0.4, -0.2) is 0 Å². The highest BCUT2D eigenvalue weighted by Crippen LogP contribution is 2.42. The maximum atomic E-state index is 6.69. The summed E-state index contributed by atoms with van der Waals surface area (Å²) in [4.78, 5) is 0. The molecule has 0 aliphatic heterocycles.